The van der Waals surface area contributed by atoms with Crippen molar-refractivity contribution in [1.29, 1.82) is 0 Å². The van der Waals surface area contributed by atoms with Crippen LogP contribution in [0.4, 0.5) is 0 Å². The van der Waals surface area contributed by atoms with Gasteiger partial charge in [-0.15, -0.1) is 0 Å². The Bertz CT molecular complexity index is 1530. The van der Waals surface area contributed by atoms with Gasteiger partial charge in [0, 0.05) is 19.3 Å². The summed E-state index contributed by atoms with van der Waals surface area (Å²) in [4.78, 5) is 38.4. The lowest BCUT2D eigenvalue weighted by atomic mass is 10.1. The van der Waals surface area contributed by atoms with Crippen LogP contribution in [0.15, 0.2) is 97.2 Å². The molecule has 0 heterocycles. The van der Waals surface area contributed by atoms with Crippen LogP contribution in [-0.4, -0.2) is 37.2 Å². The van der Waals surface area contributed by atoms with E-state index in [1.165, 1.54) is 161 Å². The second-order valence-electron chi connectivity index (χ2n) is 22.0. The number of esters is 3. The molecule has 0 aromatic rings. The van der Waals surface area contributed by atoms with Crippen LogP contribution in [-0.2, 0) is 28.6 Å². The first kappa shape index (κ1) is 74.3. The van der Waals surface area contributed by atoms with Crippen LogP contribution >= 0.6 is 0 Å². The van der Waals surface area contributed by atoms with Gasteiger partial charge in [0.05, 0.1) is 0 Å². The highest BCUT2D eigenvalue weighted by atomic mass is 16.6. The monoisotopic (exact) mass is 1080 g/mol. The van der Waals surface area contributed by atoms with Gasteiger partial charge in [-0.1, -0.05) is 279 Å². The van der Waals surface area contributed by atoms with Gasteiger partial charge in [-0.2, -0.15) is 0 Å². The molecule has 0 radical (unpaired) electrons. The van der Waals surface area contributed by atoms with Gasteiger partial charge in [0.15, 0.2) is 6.10 Å². The Balaban J connectivity index is 4.37. The SMILES string of the molecule is CCCC/C=C\C/C=C\CCCCCCCC(=O)OCC(COC(=O)CCCCCCCCCCCC/C=C\C/C=C\C/C=C\CCCCCCC)OC(=O)CCCCCCCC/C=C\C/C=C\C/C=C\CCCCCCC. The van der Waals surface area contributed by atoms with Gasteiger partial charge in [-0.3, -0.25) is 14.4 Å². The number of allylic oxidation sites excluding steroid dienone is 16. The van der Waals surface area contributed by atoms with Crippen molar-refractivity contribution in [3.05, 3.63) is 97.2 Å². The summed E-state index contributed by atoms with van der Waals surface area (Å²) in [5.74, 6) is -0.910. The van der Waals surface area contributed by atoms with Gasteiger partial charge in [0.25, 0.3) is 0 Å². The maximum atomic E-state index is 12.9. The lowest BCUT2D eigenvalue weighted by molar-refractivity contribution is -0.167. The zero-order chi connectivity index (χ0) is 56.4. The van der Waals surface area contributed by atoms with Gasteiger partial charge in [0.1, 0.15) is 13.2 Å². The molecule has 0 N–H and O–H groups in total. The molecule has 448 valence electrons. The largest absolute Gasteiger partial charge is 0.462 e. The molecule has 0 amide bonds. The van der Waals surface area contributed by atoms with Crippen molar-refractivity contribution in [2.45, 2.75) is 329 Å². The fraction of sp³-hybridized carbons (Fsp3) is 0.736. The number of ether oxygens (including phenoxy) is 3. The lowest BCUT2D eigenvalue weighted by Crippen LogP contribution is -2.30. The minimum absolute atomic E-state index is 0.0894. The number of carbonyl (C=O) groups excluding carboxylic acids is 3. The van der Waals surface area contributed by atoms with Crippen LogP contribution in [0.1, 0.15) is 323 Å². The van der Waals surface area contributed by atoms with Crippen molar-refractivity contribution in [3.8, 4) is 0 Å². The molecule has 1 unspecified atom stereocenters. The molecule has 0 spiro atoms. The Hall–Kier alpha value is -3.67. The molecule has 1 atom stereocenters. The average Bonchev–Trinajstić information content (AvgIpc) is 3.44. The van der Waals surface area contributed by atoms with Gasteiger partial charge < -0.3 is 14.2 Å². The molecule has 6 nitrogen and oxygen atoms in total. The number of carbonyl (C=O) groups is 3. The summed E-state index contributed by atoms with van der Waals surface area (Å²) >= 11 is 0. The van der Waals surface area contributed by atoms with Gasteiger partial charge in [0.2, 0.25) is 0 Å². The summed E-state index contributed by atoms with van der Waals surface area (Å²) < 4.78 is 16.9. The van der Waals surface area contributed by atoms with E-state index in [1.807, 2.05) is 0 Å². The predicted molar refractivity (Wildman–Crippen MR) is 339 cm³/mol. The summed E-state index contributed by atoms with van der Waals surface area (Å²) in [6, 6.07) is 0. The number of unbranched alkanes of at least 4 members (excludes halogenated alkanes) is 33. The summed E-state index contributed by atoms with van der Waals surface area (Å²) in [7, 11) is 0. The molecule has 0 saturated heterocycles. The molecule has 0 fully saturated rings. The molecule has 0 rings (SSSR count). The molecular formula is C72H124O6. The summed E-state index contributed by atoms with van der Waals surface area (Å²) in [5, 5.41) is 0. The maximum Gasteiger partial charge on any atom is 0.306 e. The fourth-order valence-corrected chi connectivity index (χ4v) is 9.24. The van der Waals surface area contributed by atoms with Crippen molar-refractivity contribution in [3.63, 3.8) is 0 Å². The van der Waals surface area contributed by atoms with E-state index < -0.39 is 6.10 Å². The molecule has 0 aromatic heterocycles. The Kier molecular flexibility index (Phi) is 62.7. The van der Waals surface area contributed by atoms with E-state index in [1.54, 1.807) is 0 Å². The number of hydrogen-bond acceptors (Lipinski definition) is 6. The Morgan fingerprint density at radius 3 is 0.756 bits per heavy atom. The molecule has 0 aliphatic rings. The van der Waals surface area contributed by atoms with Crippen molar-refractivity contribution in [1.82, 2.24) is 0 Å². The first-order valence-corrected chi connectivity index (χ1v) is 33.2. The Morgan fingerprint density at radius 2 is 0.474 bits per heavy atom. The van der Waals surface area contributed by atoms with Crippen molar-refractivity contribution in [2.24, 2.45) is 0 Å². The van der Waals surface area contributed by atoms with Crippen LogP contribution in [0.2, 0.25) is 0 Å². The number of rotatable bonds is 60. The van der Waals surface area contributed by atoms with Crippen molar-refractivity contribution in [2.75, 3.05) is 13.2 Å². The quantitative estimate of drug-likeness (QED) is 0.0261. The number of hydrogen-bond donors (Lipinski definition) is 0. The van der Waals surface area contributed by atoms with Crippen molar-refractivity contribution >= 4 is 17.9 Å². The highest BCUT2D eigenvalue weighted by Crippen LogP contribution is 2.16. The highest BCUT2D eigenvalue weighted by Gasteiger charge is 2.19. The summed E-state index contributed by atoms with van der Waals surface area (Å²) in [6.45, 7) is 6.58. The Labute approximate surface area is 483 Å². The average molecular weight is 1090 g/mol. The molecule has 0 aromatic carbocycles. The smallest absolute Gasteiger partial charge is 0.306 e. The van der Waals surface area contributed by atoms with E-state index in [-0.39, 0.29) is 31.1 Å². The second-order valence-corrected chi connectivity index (χ2v) is 22.0. The van der Waals surface area contributed by atoms with Gasteiger partial charge in [-0.25, -0.2) is 0 Å². The van der Waals surface area contributed by atoms with Crippen LogP contribution in [0.25, 0.3) is 0 Å². The molecule has 6 heteroatoms. The second kappa shape index (κ2) is 65.8. The van der Waals surface area contributed by atoms with E-state index in [2.05, 4.69) is 118 Å². The fourth-order valence-electron chi connectivity index (χ4n) is 9.24. The van der Waals surface area contributed by atoms with E-state index in [9.17, 15) is 14.4 Å². The standard InChI is InChI=1S/C72H124O6/c1-4-7-10-13-16-19-22-25-28-30-32-34-35-36-37-39-40-42-44-47-50-53-56-59-62-65-71(74)77-68-69(67-76-70(73)64-61-58-55-52-49-46-27-24-21-18-15-12-9-6-3)78-72(75)66-63-60-57-54-51-48-45-43-41-38-33-31-29-26-23-20-17-14-11-8-5-2/h15,18,22-27,30-33,35-36,41,43,69H,4-14,16-17,19-21,28-29,34,37-40,42,44-68H2,1-3H3/b18-15-,25-22-,26-23-,27-24-,32-30-,33-31-,36-35-,43-41-. The normalized spacial score (nSPS) is 12.7. The van der Waals surface area contributed by atoms with Crippen molar-refractivity contribution < 1.29 is 28.6 Å². The highest BCUT2D eigenvalue weighted by molar-refractivity contribution is 5.71. The minimum atomic E-state index is -0.795. The molecular weight excluding hydrogens is 961 g/mol. The maximum absolute atomic E-state index is 12.9. The Morgan fingerprint density at radius 1 is 0.256 bits per heavy atom. The zero-order valence-corrected chi connectivity index (χ0v) is 51.4. The van der Waals surface area contributed by atoms with Crippen LogP contribution in [0.5, 0.6) is 0 Å². The molecule has 0 aliphatic heterocycles. The molecule has 78 heavy (non-hydrogen) atoms. The topological polar surface area (TPSA) is 78.9 Å². The van der Waals surface area contributed by atoms with E-state index in [4.69, 9.17) is 14.2 Å². The third kappa shape index (κ3) is 63.2. The zero-order valence-electron chi connectivity index (χ0n) is 51.4. The van der Waals surface area contributed by atoms with Gasteiger partial charge >= 0.3 is 17.9 Å². The molecule has 0 aliphatic carbocycles. The minimum Gasteiger partial charge on any atom is -0.462 e. The van der Waals surface area contributed by atoms with E-state index in [0.717, 1.165) is 122 Å². The summed E-state index contributed by atoms with van der Waals surface area (Å²) in [6.07, 6.45) is 88.4. The lowest BCUT2D eigenvalue weighted by Gasteiger charge is -2.18. The van der Waals surface area contributed by atoms with Crippen LogP contribution in [0.3, 0.4) is 0 Å². The molecule has 0 saturated carbocycles. The van der Waals surface area contributed by atoms with E-state index >= 15 is 0 Å². The first-order chi connectivity index (χ1) is 38.5. The van der Waals surface area contributed by atoms with E-state index in [0.29, 0.717) is 19.3 Å². The van der Waals surface area contributed by atoms with Crippen LogP contribution < -0.4 is 0 Å². The van der Waals surface area contributed by atoms with Gasteiger partial charge in [-0.05, 0) is 122 Å². The first-order valence-electron chi connectivity index (χ1n) is 33.2. The third-order valence-corrected chi connectivity index (χ3v) is 14.3. The van der Waals surface area contributed by atoms with Crippen LogP contribution in [0, 0.1) is 0 Å². The molecule has 0 bridgehead atoms. The summed E-state index contributed by atoms with van der Waals surface area (Å²) in [5.41, 5.74) is 0. The third-order valence-electron chi connectivity index (χ3n) is 14.3. The predicted octanol–water partition coefficient (Wildman–Crippen LogP) is 22.8.